The van der Waals surface area contributed by atoms with Crippen LogP contribution in [0.2, 0.25) is 5.02 Å². The molecule has 0 saturated heterocycles. The van der Waals surface area contributed by atoms with Gasteiger partial charge in [-0.1, -0.05) is 11.6 Å². The summed E-state index contributed by atoms with van der Waals surface area (Å²) in [4.78, 5) is 0.199. The van der Waals surface area contributed by atoms with Gasteiger partial charge in [0.1, 0.15) is 5.75 Å². The van der Waals surface area contributed by atoms with Gasteiger partial charge < -0.3 is 4.74 Å². The number of methoxy groups -OCH3 is 1. The molecule has 2 aromatic rings. The van der Waals surface area contributed by atoms with E-state index in [0.717, 1.165) is 3.57 Å². The maximum absolute atomic E-state index is 12.2. The molecule has 0 bridgehead atoms. The molecule has 0 aromatic heterocycles. The lowest BCUT2D eigenvalue weighted by molar-refractivity contribution is 0.415. The Kier molecular flexibility index (Phi) is 4.77. The molecule has 20 heavy (non-hydrogen) atoms. The second-order valence-electron chi connectivity index (χ2n) is 3.91. The zero-order valence-corrected chi connectivity index (χ0v) is 14.2. The zero-order valence-electron chi connectivity index (χ0n) is 10.4. The summed E-state index contributed by atoms with van der Waals surface area (Å²) in [7, 11) is -2.12. The molecule has 106 valence electrons. The van der Waals surface area contributed by atoms with Gasteiger partial charge in [-0.2, -0.15) is 0 Å². The SMILES string of the molecule is COc1ccc(NS(=O)(=O)c2ccc(I)cc2)cc1Cl. The Morgan fingerprint density at radius 1 is 1.15 bits per heavy atom. The fourth-order valence-electron chi connectivity index (χ4n) is 1.56. The lowest BCUT2D eigenvalue weighted by Crippen LogP contribution is -2.12. The quantitative estimate of drug-likeness (QED) is 0.762. The van der Waals surface area contributed by atoms with E-state index in [2.05, 4.69) is 27.3 Å². The Hall–Kier alpha value is -0.990. The Morgan fingerprint density at radius 3 is 2.35 bits per heavy atom. The Labute approximate surface area is 136 Å². The van der Waals surface area contributed by atoms with Gasteiger partial charge >= 0.3 is 0 Å². The number of hydrogen-bond donors (Lipinski definition) is 1. The number of hydrogen-bond acceptors (Lipinski definition) is 3. The number of nitrogens with one attached hydrogen (secondary N) is 1. The van der Waals surface area contributed by atoms with E-state index in [4.69, 9.17) is 16.3 Å². The smallest absolute Gasteiger partial charge is 0.261 e. The van der Waals surface area contributed by atoms with Crippen molar-refractivity contribution in [3.63, 3.8) is 0 Å². The van der Waals surface area contributed by atoms with E-state index in [9.17, 15) is 8.42 Å². The van der Waals surface area contributed by atoms with Gasteiger partial charge in [-0.05, 0) is 65.1 Å². The molecule has 0 atom stereocenters. The first-order chi connectivity index (χ1) is 9.42. The Morgan fingerprint density at radius 2 is 1.80 bits per heavy atom. The molecular formula is C13H11ClINO3S. The number of ether oxygens (including phenoxy) is 1. The summed E-state index contributed by atoms with van der Waals surface area (Å²) in [5.41, 5.74) is 0.384. The van der Waals surface area contributed by atoms with Crippen LogP contribution in [0.15, 0.2) is 47.4 Å². The molecule has 0 aliphatic rings. The fourth-order valence-corrected chi connectivity index (χ4v) is 3.22. The van der Waals surface area contributed by atoms with Crippen LogP contribution in [-0.4, -0.2) is 15.5 Å². The second-order valence-corrected chi connectivity index (χ2v) is 7.24. The predicted octanol–water partition coefficient (Wildman–Crippen LogP) is 3.75. The summed E-state index contributed by atoms with van der Waals surface area (Å²) < 4.78 is 32.8. The average molecular weight is 424 g/mol. The third kappa shape index (κ3) is 3.56. The molecular weight excluding hydrogens is 413 g/mol. The largest absolute Gasteiger partial charge is 0.495 e. The molecule has 0 aliphatic carbocycles. The van der Waals surface area contributed by atoms with E-state index in [1.807, 2.05) is 0 Å². The topological polar surface area (TPSA) is 55.4 Å². The monoisotopic (exact) mass is 423 g/mol. The molecule has 0 unspecified atom stereocenters. The molecule has 0 fully saturated rings. The van der Waals surface area contributed by atoms with E-state index >= 15 is 0 Å². The van der Waals surface area contributed by atoms with Crippen molar-refractivity contribution < 1.29 is 13.2 Å². The maximum atomic E-state index is 12.2. The highest BCUT2D eigenvalue weighted by molar-refractivity contribution is 14.1. The van der Waals surface area contributed by atoms with Crippen molar-refractivity contribution in [2.24, 2.45) is 0 Å². The molecule has 2 rings (SSSR count). The third-order valence-corrected chi connectivity index (χ3v) is 4.94. The van der Waals surface area contributed by atoms with Crippen LogP contribution in [-0.2, 0) is 10.0 Å². The summed E-state index contributed by atoms with van der Waals surface area (Å²) >= 11 is 8.08. The maximum Gasteiger partial charge on any atom is 0.261 e. The minimum Gasteiger partial charge on any atom is -0.495 e. The molecule has 4 nitrogen and oxygen atoms in total. The lowest BCUT2D eigenvalue weighted by Gasteiger charge is -2.10. The van der Waals surface area contributed by atoms with Crippen LogP contribution in [0.3, 0.4) is 0 Å². The summed E-state index contributed by atoms with van der Waals surface area (Å²) in [6, 6.07) is 11.3. The van der Waals surface area contributed by atoms with Gasteiger partial charge in [0.15, 0.2) is 0 Å². The van der Waals surface area contributed by atoms with E-state index in [1.54, 1.807) is 36.4 Å². The van der Waals surface area contributed by atoms with Crippen LogP contribution in [0.1, 0.15) is 0 Å². The summed E-state index contributed by atoms with van der Waals surface area (Å²) in [6.07, 6.45) is 0. The van der Waals surface area contributed by atoms with Gasteiger partial charge in [0.25, 0.3) is 10.0 Å². The molecule has 1 N–H and O–H groups in total. The van der Waals surface area contributed by atoms with Crippen molar-refractivity contribution in [2.45, 2.75) is 4.90 Å². The number of anilines is 1. The van der Waals surface area contributed by atoms with Gasteiger partial charge in [0.05, 0.1) is 22.7 Å². The first-order valence-electron chi connectivity index (χ1n) is 5.54. The number of sulfonamides is 1. The highest BCUT2D eigenvalue weighted by Gasteiger charge is 2.14. The Balaban J connectivity index is 2.28. The molecule has 7 heteroatoms. The lowest BCUT2D eigenvalue weighted by atomic mass is 10.3. The highest BCUT2D eigenvalue weighted by Crippen LogP contribution is 2.28. The van der Waals surface area contributed by atoms with Gasteiger partial charge in [-0.25, -0.2) is 8.42 Å². The van der Waals surface area contributed by atoms with Crippen molar-refractivity contribution in [3.05, 3.63) is 51.1 Å². The molecule has 0 heterocycles. The first-order valence-corrected chi connectivity index (χ1v) is 8.48. The predicted molar refractivity (Wildman–Crippen MR) is 88.0 cm³/mol. The summed E-state index contributed by atoms with van der Waals surface area (Å²) in [5, 5.41) is 0.343. The van der Waals surface area contributed by atoms with Crippen molar-refractivity contribution in [1.82, 2.24) is 0 Å². The van der Waals surface area contributed by atoms with Gasteiger partial charge in [0, 0.05) is 3.57 Å². The highest BCUT2D eigenvalue weighted by atomic mass is 127. The molecule has 0 radical (unpaired) electrons. The zero-order chi connectivity index (χ0) is 14.8. The molecule has 0 amide bonds. The van der Waals surface area contributed by atoms with Crippen LogP contribution < -0.4 is 9.46 Å². The first kappa shape index (κ1) is 15.4. The molecule has 2 aromatic carbocycles. The standard InChI is InChI=1S/C13H11ClINO3S/c1-19-13-7-4-10(8-12(13)14)16-20(17,18)11-5-2-9(15)3-6-11/h2-8,16H,1H3. The van der Waals surface area contributed by atoms with Crippen LogP contribution >= 0.6 is 34.2 Å². The van der Waals surface area contributed by atoms with Crippen LogP contribution in [0.5, 0.6) is 5.75 Å². The number of rotatable bonds is 4. The van der Waals surface area contributed by atoms with E-state index < -0.39 is 10.0 Å². The van der Waals surface area contributed by atoms with E-state index in [0.29, 0.717) is 16.5 Å². The van der Waals surface area contributed by atoms with Crippen LogP contribution in [0.4, 0.5) is 5.69 Å². The van der Waals surface area contributed by atoms with Gasteiger partial charge in [0.2, 0.25) is 0 Å². The summed E-state index contributed by atoms with van der Waals surface area (Å²) in [6.45, 7) is 0. The minimum absolute atomic E-state index is 0.199. The third-order valence-electron chi connectivity index (χ3n) is 2.53. The molecule has 0 spiro atoms. The number of halogens is 2. The van der Waals surface area contributed by atoms with Crippen LogP contribution in [0, 0.1) is 3.57 Å². The molecule has 0 aliphatic heterocycles. The summed E-state index contributed by atoms with van der Waals surface area (Å²) in [5.74, 6) is 0.490. The average Bonchev–Trinajstić information content (AvgIpc) is 2.39. The van der Waals surface area contributed by atoms with Crippen LogP contribution in [0.25, 0.3) is 0 Å². The van der Waals surface area contributed by atoms with Gasteiger partial charge in [-0.15, -0.1) is 0 Å². The Bertz CT molecular complexity index is 717. The van der Waals surface area contributed by atoms with E-state index in [1.165, 1.54) is 13.2 Å². The number of benzene rings is 2. The van der Waals surface area contributed by atoms with Crippen molar-refractivity contribution >= 4 is 49.9 Å². The van der Waals surface area contributed by atoms with Crippen molar-refractivity contribution in [1.29, 1.82) is 0 Å². The van der Waals surface area contributed by atoms with Gasteiger partial charge in [-0.3, -0.25) is 4.72 Å². The second kappa shape index (κ2) is 6.19. The van der Waals surface area contributed by atoms with E-state index in [-0.39, 0.29) is 4.90 Å². The van der Waals surface area contributed by atoms with Crippen molar-refractivity contribution in [3.8, 4) is 5.75 Å². The minimum atomic E-state index is -3.62. The van der Waals surface area contributed by atoms with Crippen molar-refractivity contribution in [2.75, 3.05) is 11.8 Å². The molecule has 0 saturated carbocycles. The normalized spacial score (nSPS) is 11.2. The fraction of sp³-hybridized carbons (Fsp3) is 0.0769.